The Kier molecular flexibility index (Phi) is 12.0. The summed E-state index contributed by atoms with van der Waals surface area (Å²) in [6.07, 6.45) is 5.78. The molecule has 3 amide bonds. The minimum Gasteiger partial charge on any atom is -0.497 e. The first kappa shape index (κ1) is 35.7. The van der Waals surface area contributed by atoms with Crippen LogP contribution in [0.3, 0.4) is 0 Å². The molecule has 2 unspecified atom stereocenters. The average Bonchev–Trinajstić information content (AvgIpc) is 3.05. The van der Waals surface area contributed by atoms with Crippen LogP contribution in [0.25, 0.3) is 0 Å². The van der Waals surface area contributed by atoms with Crippen molar-refractivity contribution < 1.29 is 29.0 Å². The highest BCUT2D eigenvalue weighted by atomic mass is 16.5. The fourth-order valence-corrected chi connectivity index (χ4v) is 7.49. The largest absolute Gasteiger partial charge is 0.497 e. The summed E-state index contributed by atoms with van der Waals surface area (Å²) < 4.78 is 10.6. The number of nitrogens with zero attached hydrogens (tertiary/aromatic N) is 1. The number of piperidine rings is 1. The van der Waals surface area contributed by atoms with E-state index in [1.54, 1.807) is 7.11 Å². The lowest BCUT2D eigenvalue weighted by molar-refractivity contribution is -0.134. The molecule has 1 saturated heterocycles. The number of rotatable bonds is 12. The first-order valence-corrected chi connectivity index (χ1v) is 17.6. The highest BCUT2D eigenvalue weighted by molar-refractivity contribution is 5.83. The Hall–Kier alpha value is -3.63. The van der Waals surface area contributed by atoms with Gasteiger partial charge in [-0.1, -0.05) is 61.7 Å². The van der Waals surface area contributed by atoms with Crippen LogP contribution in [0.1, 0.15) is 76.8 Å². The van der Waals surface area contributed by atoms with Crippen LogP contribution in [0.2, 0.25) is 0 Å². The predicted molar refractivity (Wildman–Crippen MR) is 184 cm³/mol. The second kappa shape index (κ2) is 16.2. The lowest BCUT2D eigenvalue weighted by Gasteiger charge is -2.47. The first-order chi connectivity index (χ1) is 23.0. The van der Waals surface area contributed by atoms with Crippen LogP contribution < -0.4 is 20.7 Å². The predicted octanol–water partition coefficient (Wildman–Crippen LogP) is 4.58. The van der Waals surface area contributed by atoms with Crippen molar-refractivity contribution in [1.29, 1.82) is 0 Å². The summed E-state index contributed by atoms with van der Waals surface area (Å²) in [6.45, 7) is 7.13. The minimum atomic E-state index is -0.903. The molecule has 4 N–H and O–H groups in total. The molecule has 0 aromatic heterocycles. The van der Waals surface area contributed by atoms with Gasteiger partial charge < -0.3 is 30.5 Å². The van der Waals surface area contributed by atoms with Crippen LogP contribution >= 0.6 is 0 Å². The third kappa shape index (κ3) is 9.72. The number of carbonyl (C=O) groups excluding carboxylic acids is 3. The number of β-amino-alcohol motifs (C(OH)–C–C–N with tert-alkyl or cyclic N) is 1. The third-order valence-electron chi connectivity index (χ3n) is 10.3. The maximum Gasteiger partial charge on any atom is 0.407 e. The van der Waals surface area contributed by atoms with E-state index in [0.717, 1.165) is 42.7 Å². The summed E-state index contributed by atoms with van der Waals surface area (Å²) in [5.74, 6) is 1.14. The van der Waals surface area contributed by atoms with Crippen LogP contribution in [0.5, 0.6) is 5.75 Å². The average molecular weight is 663 g/mol. The molecule has 5 rings (SSSR count). The zero-order chi connectivity index (χ0) is 34.3. The van der Waals surface area contributed by atoms with Gasteiger partial charge in [-0.3, -0.25) is 14.5 Å². The molecule has 2 saturated carbocycles. The second-order valence-electron chi connectivity index (χ2n) is 15.0. The van der Waals surface area contributed by atoms with Gasteiger partial charge in [0.15, 0.2) is 0 Å². The topological polar surface area (TPSA) is 129 Å². The molecule has 1 aliphatic heterocycles. The van der Waals surface area contributed by atoms with Crippen LogP contribution in [-0.4, -0.2) is 77.9 Å². The Bertz CT molecular complexity index is 1360. The first-order valence-electron chi connectivity index (χ1n) is 17.6. The van der Waals surface area contributed by atoms with E-state index in [2.05, 4.69) is 20.9 Å². The molecular weight excluding hydrogens is 608 g/mol. The summed E-state index contributed by atoms with van der Waals surface area (Å²) in [7, 11) is 1.60. The Labute approximate surface area is 285 Å². The maximum absolute atomic E-state index is 13.7. The molecule has 1 heterocycles. The molecule has 3 fully saturated rings. The highest BCUT2D eigenvalue weighted by Gasteiger charge is 2.43. The van der Waals surface area contributed by atoms with Gasteiger partial charge in [0.1, 0.15) is 12.4 Å². The molecule has 10 heteroatoms. The van der Waals surface area contributed by atoms with Crippen LogP contribution in [0.15, 0.2) is 54.6 Å². The number of amides is 3. The second-order valence-corrected chi connectivity index (χ2v) is 15.0. The van der Waals surface area contributed by atoms with Crippen molar-refractivity contribution in [2.75, 3.05) is 20.2 Å². The Morgan fingerprint density at radius 1 is 0.917 bits per heavy atom. The van der Waals surface area contributed by atoms with E-state index in [-0.39, 0.29) is 42.6 Å². The molecule has 10 nitrogen and oxygen atoms in total. The molecule has 0 radical (unpaired) electrons. The van der Waals surface area contributed by atoms with Gasteiger partial charge in [-0.25, -0.2) is 4.79 Å². The number of aliphatic hydroxyl groups excluding tert-OH is 1. The quantitative estimate of drug-likeness (QED) is 0.262. The van der Waals surface area contributed by atoms with E-state index in [1.807, 2.05) is 75.4 Å². The number of methoxy groups -OCH3 is 1. The van der Waals surface area contributed by atoms with Gasteiger partial charge in [-0.15, -0.1) is 0 Å². The summed E-state index contributed by atoms with van der Waals surface area (Å²) >= 11 is 0. The smallest absolute Gasteiger partial charge is 0.407 e. The van der Waals surface area contributed by atoms with Crippen molar-refractivity contribution in [3.8, 4) is 5.75 Å². The van der Waals surface area contributed by atoms with Crippen molar-refractivity contribution in [3.05, 3.63) is 65.7 Å². The SMILES string of the molecule is COc1ccc(COC(=O)NC2CCC2C(=O)N[C@@H](Cc2ccccc2)[C@H](O)CN2C[C@H]3CCCC[C@H]3C[C@H]2C(=O)NC(C)(C)C)cc1. The van der Waals surface area contributed by atoms with Gasteiger partial charge in [-0.2, -0.15) is 0 Å². The minimum absolute atomic E-state index is 0.00429. The fourth-order valence-electron chi connectivity index (χ4n) is 7.49. The third-order valence-corrected chi connectivity index (χ3v) is 10.3. The van der Waals surface area contributed by atoms with E-state index >= 15 is 0 Å². The molecule has 2 aromatic rings. The zero-order valence-corrected chi connectivity index (χ0v) is 29.0. The maximum atomic E-state index is 13.7. The number of nitrogens with one attached hydrogen (secondary N) is 3. The standard InChI is InChI=1S/C38H54N4O6/c1-38(2,3)41-36(45)33-21-27-12-8-9-13-28(27)22-42(33)23-34(43)32(20-25-10-6-5-7-11-25)39-35(44)30-18-19-31(30)40-37(46)48-24-26-14-16-29(47-4)17-15-26/h5-7,10-11,14-17,27-28,30-34,43H,8-9,12-13,18-24H2,1-4H3,(H,39,44)(H,40,46)(H,41,45)/t27-,28+,30?,31?,32-,33-,34+/m0/s1. The number of ether oxygens (including phenoxy) is 2. The monoisotopic (exact) mass is 662 g/mol. The Balaban J connectivity index is 1.23. The van der Waals surface area contributed by atoms with E-state index in [9.17, 15) is 19.5 Å². The van der Waals surface area contributed by atoms with Crippen molar-refractivity contribution in [2.24, 2.45) is 17.8 Å². The van der Waals surface area contributed by atoms with Crippen molar-refractivity contribution in [1.82, 2.24) is 20.9 Å². The molecule has 2 aromatic carbocycles. The van der Waals surface area contributed by atoms with Crippen LogP contribution in [0.4, 0.5) is 4.79 Å². The van der Waals surface area contributed by atoms with Gasteiger partial charge in [-0.05, 0) is 88.0 Å². The highest BCUT2D eigenvalue weighted by Crippen LogP contribution is 2.39. The lowest BCUT2D eigenvalue weighted by Crippen LogP contribution is -2.61. The number of benzene rings is 2. The summed E-state index contributed by atoms with van der Waals surface area (Å²) in [6, 6.07) is 15.9. The molecule has 7 atom stereocenters. The van der Waals surface area contributed by atoms with Gasteiger partial charge in [0.25, 0.3) is 0 Å². The number of aliphatic hydroxyl groups is 1. The lowest BCUT2D eigenvalue weighted by atomic mass is 9.72. The summed E-state index contributed by atoms with van der Waals surface area (Å²) in [5, 5.41) is 21.0. The molecular formula is C38H54N4O6. The Morgan fingerprint density at radius 3 is 2.27 bits per heavy atom. The molecule has 3 aliphatic rings. The number of likely N-dealkylation sites (tertiary alicyclic amines) is 1. The van der Waals surface area contributed by atoms with E-state index in [0.29, 0.717) is 31.1 Å². The molecule has 48 heavy (non-hydrogen) atoms. The van der Waals surface area contributed by atoms with Crippen molar-refractivity contribution in [2.45, 2.75) is 109 Å². The normalized spacial score (nSPS) is 25.4. The van der Waals surface area contributed by atoms with Gasteiger partial charge in [0, 0.05) is 24.7 Å². The van der Waals surface area contributed by atoms with E-state index in [1.165, 1.54) is 12.8 Å². The molecule has 262 valence electrons. The fraction of sp³-hybridized carbons (Fsp3) is 0.605. The molecule has 0 spiro atoms. The Morgan fingerprint density at radius 2 is 1.62 bits per heavy atom. The van der Waals surface area contributed by atoms with Gasteiger partial charge >= 0.3 is 6.09 Å². The van der Waals surface area contributed by atoms with E-state index < -0.39 is 24.2 Å². The van der Waals surface area contributed by atoms with Crippen molar-refractivity contribution in [3.63, 3.8) is 0 Å². The number of hydrogen-bond acceptors (Lipinski definition) is 7. The van der Waals surface area contributed by atoms with Crippen LogP contribution in [-0.2, 0) is 27.4 Å². The summed E-state index contributed by atoms with van der Waals surface area (Å²) in [4.78, 5) is 42.0. The van der Waals surface area contributed by atoms with Crippen LogP contribution in [0, 0.1) is 17.8 Å². The summed E-state index contributed by atoms with van der Waals surface area (Å²) in [5.41, 5.74) is 1.47. The van der Waals surface area contributed by atoms with Crippen molar-refractivity contribution >= 4 is 17.9 Å². The van der Waals surface area contributed by atoms with Gasteiger partial charge in [0.05, 0.1) is 31.2 Å². The van der Waals surface area contributed by atoms with E-state index in [4.69, 9.17) is 9.47 Å². The van der Waals surface area contributed by atoms with Gasteiger partial charge in [0.2, 0.25) is 11.8 Å². The number of hydrogen-bond donors (Lipinski definition) is 4. The zero-order valence-electron chi connectivity index (χ0n) is 29.0. The number of carbonyl (C=O) groups is 3. The number of alkyl carbamates (subject to hydrolysis) is 1. The number of fused-ring (bicyclic) bond motifs is 1. The molecule has 0 bridgehead atoms. The molecule has 2 aliphatic carbocycles.